The third kappa shape index (κ3) is 7.20. The van der Waals surface area contributed by atoms with E-state index in [1.165, 1.54) is 193 Å². The van der Waals surface area contributed by atoms with Crippen molar-refractivity contribution in [2.75, 3.05) is 0 Å². The third-order valence-electron chi connectivity index (χ3n) is 12.1. The van der Waals surface area contributed by atoms with Crippen molar-refractivity contribution in [3.05, 3.63) is 82.9 Å². The van der Waals surface area contributed by atoms with E-state index in [2.05, 4.69) is 88.4 Å². The zero-order valence-electron chi connectivity index (χ0n) is 31.9. The average molecular weight is 663 g/mol. The van der Waals surface area contributed by atoms with Gasteiger partial charge in [0.1, 0.15) is 0 Å². The highest BCUT2D eigenvalue weighted by molar-refractivity contribution is 6.36. The van der Waals surface area contributed by atoms with Crippen LogP contribution in [-0.2, 0) is 25.7 Å². The minimum absolute atomic E-state index is 1.23. The first-order valence-corrected chi connectivity index (χ1v) is 21.0. The van der Waals surface area contributed by atoms with Crippen LogP contribution in [0.2, 0.25) is 0 Å². The molecule has 0 unspecified atom stereocenters. The molecular weight excluding hydrogens is 601 g/mol. The summed E-state index contributed by atoms with van der Waals surface area (Å²) in [4.78, 5) is 0. The number of hydrogen-bond donors (Lipinski definition) is 0. The molecule has 0 radical (unpaired) electrons. The molecule has 0 aromatic heterocycles. The fraction of sp³-hybridized carbons (Fsp3) is 0.480. The highest BCUT2D eigenvalue weighted by Crippen LogP contribution is 2.46. The van der Waals surface area contributed by atoms with Gasteiger partial charge < -0.3 is 0 Å². The second-order valence-electron chi connectivity index (χ2n) is 15.9. The Labute approximate surface area is 302 Å². The van der Waals surface area contributed by atoms with Crippen molar-refractivity contribution in [3.63, 3.8) is 0 Å². The van der Waals surface area contributed by atoms with Crippen LogP contribution >= 0.6 is 0 Å². The lowest BCUT2D eigenvalue weighted by Gasteiger charge is -2.20. The van der Waals surface area contributed by atoms with Crippen molar-refractivity contribution in [2.24, 2.45) is 0 Å². The number of benzene rings is 5. The first kappa shape index (κ1) is 35.0. The fourth-order valence-electron chi connectivity index (χ4n) is 9.05. The summed E-state index contributed by atoms with van der Waals surface area (Å²) in [6.07, 6.45) is 26.2. The second-order valence-corrected chi connectivity index (χ2v) is 15.9. The third-order valence-corrected chi connectivity index (χ3v) is 12.1. The molecule has 0 fully saturated rings. The van der Waals surface area contributed by atoms with Gasteiger partial charge in [-0.15, -0.1) is 0 Å². The Balaban J connectivity index is 1.24. The fourth-order valence-corrected chi connectivity index (χ4v) is 9.05. The summed E-state index contributed by atoms with van der Waals surface area (Å²) >= 11 is 0. The molecule has 0 heteroatoms. The van der Waals surface area contributed by atoms with E-state index < -0.39 is 0 Å². The van der Waals surface area contributed by atoms with Crippen molar-refractivity contribution in [3.8, 4) is 0 Å². The van der Waals surface area contributed by atoms with Gasteiger partial charge in [-0.25, -0.2) is 0 Å². The Morgan fingerprint density at radius 1 is 0.240 bits per heavy atom. The molecule has 0 N–H and O–H groups in total. The summed E-state index contributed by atoms with van der Waals surface area (Å²) in [6.45, 7) is 9.26. The molecule has 7 rings (SSSR count). The summed E-state index contributed by atoms with van der Waals surface area (Å²) in [5, 5.41) is 17.4. The molecule has 7 aromatic carbocycles. The van der Waals surface area contributed by atoms with Gasteiger partial charge in [-0.3, -0.25) is 0 Å². The number of hydrogen-bond acceptors (Lipinski definition) is 0. The zero-order chi connectivity index (χ0) is 34.5. The minimum Gasteiger partial charge on any atom is -0.0654 e. The van der Waals surface area contributed by atoms with Crippen LogP contribution in [0, 0.1) is 0 Å². The van der Waals surface area contributed by atoms with Gasteiger partial charge >= 0.3 is 0 Å². The molecule has 0 spiro atoms. The number of aryl methyl sites for hydroxylation is 4. The van der Waals surface area contributed by atoms with E-state index in [4.69, 9.17) is 0 Å². The molecule has 0 bridgehead atoms. The highest BCUT2D eigenvalue weighted by atomic mass is 14.2. The molecule has 0 atom stereocenters. The molecule has 7 aromatic rings. The normalized spacial score (nSPS) is 12.4. The molecule has 262 valence electrons. The molecule has 0 nitrogen and oxygen atoms in total. The van der Waals surface area contributed by atoms with Gasteiger partial charge in [0.15, 0.2) is 0 Å². The lowest BCUT2D eigenvalue weighted by atomic mass is 9.83. The largest absolute Gasteiger partial charge is 0.0654 e. The topological polar surface area (TPSA) is 0 Å². The summed E-state index contributed by atoms with van der Waals surface area (Å²) in [7, 11) is 0. The van der Waals surface area contributed by atoms with E-state index in [0.29, 0.717) is 0 Å². The summed E-state index contributed by atoms with van der Waals surface area (Å²) in [5.74, 6) is 0. The van der Waals surface area contributed by atoms with Crippen LogP contribution in [0.1, 0.15) is 153 Å². The summed E-state index contributed by atoms with van der Waals surface area (Å²) in [5.41, 5.74) is 6.43. The van der Waals surface area contributed by atoms with Crippen molar-refractivity contribution < 1.29 is 0 Å². The van der Waals surface area contributed by atoms with Crippen LogP contribution in [0.4, 0.5) is 0 Å². The average Bonchev–Trinajstić information content (AvgIpc) is 3.13. The molecule has 0 aliphatic rings. The van der Waals surface area contributed by atoms with Crippen molar-refractivity contribution >= 4 is 64.6 Å². The molecule has 0 aliphatic carbocycles. The maximum Gasteiger partial charge on any atom is -0.00921 e. The first-order valence-electron chi connectivity index (χ1n) is 21.0. The van der Waals surface area contributed by atoms with Crippen LogP contribution in [-0.4, -0.2) is 0 Å². The van der Waals surface area contributed by atoms with Crippen LogP contribution in [0.15, 0.2) is 60.7 Å². The van der Waals surface area contributed by atoms with Gasteiger partial charge in [0, 0.05) is 0 Å². The van der Waals surface area contributed by atoms with Crippen molar-refractivity contribution in [1.29, 1.82) is 0 Å². The Hall–Kier alpha value is -3.38. The van der Waals surface area contributed by atoms with Gasteiger partial charge in [0.2, 0.25) is 0 Å². The number of unbranched alkanes of at least 4 members (excludes halogenated alkanes) is 12. The number of fused-ring (bicyclic) bond motifs is 10. The second kappa shape index (κ2) is 16.3. The lowest BCUT2D eigenvalue weighted by Crippen LogP contribution is -1.98. The van der Waals surface area contributed by atoms with Gasteiger partial charge in [0.05, 0.1) is 0 Å². The highest BCUT2D eigenvalue weighted by Gasteiger charge is 2.19. The van der Waals surface area contributed by atoms with Crippen LogP contribution in [0.5, 0.6) is 0 Å². The quantitative estimate of drug-likeness (QED) is 0.0713. The predicted molar refractivity (Wildman–Crippen MR) is 225 cm³/mol. The number of rotatable bonds is 20. The zero-order valence-corrected chi connectivity index (χ0v) is 31.9. The Kier molecular flexibility index (Phi) is 11.4. The van der Waals surface area contributed by atoms with Gasteiger partial charge in [0.25, 0.3) is 0 Å². The smallest absolute Gasteiger partial charge is 0.00921 e. The van der Waals surface area contributed by atoms with Gasteiger partial charge in [-0.05, 0) is 175 Å². The molecule has 0 amide bonds. The molecule has 0 saturated carbocycles. The molecule has 0 saturated heterocycles. The predicted octanol–water partition coefficient (Wildman–Crippen LogP) is 16.0. The Morgan fingerprint density at radius 3 is 0.680 bits per heavy atom. The van der Waals surface area contributed by atoms with E-state index in [9.17, 15) is 0 Å². The Morgan fingerprint density at radius 2 is 0.460 bits per heavy atom. The monoisotopic (exact) mass is 662 g/mol. The Bertz CT molecular complexity index is 1850. The van der Waals surface area contributed by atoms with Crippen molar-refractivity contribution in [2.45, 2.75) is 156 Å². The molecule has 50 heavy (non-hydrogen) atoms. The standard InChI is InChI=1S/C50H62/c1-5-9-13-17-21-35-25-39-29-43-44(30-40(39)26-36(35)22-18-14-10-6-2)48-34-50-46-32-42-28-38(24-20-16-12-8-4)37(23-19-15-11-7-3)27-41(42)31-45(46)49(50)33-47(43)48/h25-34H,5-24H2,1-4H3. The van der Waals surface area contributed by atoms with Crippen molar-refractivity contribution in [1.82, 2.24) is 0 Å². The maximum atomic E-state index is 2.56. The van der Waals surface area contributed by atoms with E-state index in [0.717, 1.165) is 0 Å². The summed E-state index contributed by atoms with van der Waals surface area (Å²) in [6, 6.07) is 25.4. The van der Waals surface area contributed by atoms with Gasteiger partial charge in [-0.1, -0.05) is 129 Å². The van der Waals surface area contributed by atoms with Crippen LogP contribution in [0.25, 0.3) is 64.6 Å². The van der Waals surface area contributed by atoms with Crippen LogP contribution < -0.4 is 0 Å². The van der Waals surface area contributed by atoms with E-state index in [1.807, 2.05) is 0 Å². The van der Waals surface area contributed by atoms with E-state index in [-0.39, 0.29) is 0 Å². The van der Waals surface area contributed by atoms with Gasteiger partial charge in [-0.2, -0.15) is 0 Å². The maximum absolute atomic E-state index is 2.56. The molecular formula is C50H62. The van der Waals surface area contributed by atoms with Crippen LogP contribution in [0.3, 0.4) is 0 Å². The SMILES string of the molecule is CCCCCCc1cc2cc3c(cc2cc1CCCCCC)c1cc2c4cc5cc(CCCCCC)c(CCCCCC)cc5cc4c2cc31. The lowest BCUT2D eigenvalue weighted by molar-refractivity contribution is 0.651. The summed E-state index contributed by atoms with van der Waals surface area (Å²) < 4.78 is 0. The van der Waals surface area contributed by atoms with E-state index in [1.54, 1.807) is 22.3 Å². The first-order chi connectivity index (χ1) is 24.6. The molecule has 0 heterocycles. The molecule has 0 aliphatic heterocycles. The van der Waals surface area contributed by atoms with E-state index >= 15 is 0 Å². The minimum atomic E-state index is 1.23.